The fraction of sp³-hybridized carbons (Fsp3) is 0.375. The van der Waals surface area contributed by atoms with Crippen molar-refractivity contribution in [2.45, 2.75) is 19.9 Å². The SMILES string of the molecule is Cc1ncc(CN)c(C(F)F)c1N. The van der Waals surface area contributed by atoms with E-state index in [0.717, 1.165) is 0 Å². The highest BCUT2D eigenvalue weighted by molar-refractivity contribution is 5.54. The third-order valence-electron chi connectivity index (χ3n) is 1.88. The molecule has 0 radical (unpaired) electrons. The predicted octanol–water partition coefficient (Wildman–Crippen LogP) is 1.37. The normalized spacial score (nSPS) is 10.8. The molecule has 0 saturated heterocycles. The van der Waals surface area contributed by atoms with Crippen LogP contribution in [0, 0.1) is 6.92 Å². The Balaban J connectivity index is 3.32. The van der Waals surface area contributed by atoms with E-state index in [2.05, 4.69) is 4.98 Å². The van der Waals surface area contributed by atoms with Crippen LogP contribution in [-0.2, 0) is 6.54 Å². The summed E-state index contributed by atoms with van der Waals surface area (Å²) in [5.74, 6) is 0. The summed E-state index contributed by atoms with van der Waals surface area (Å²) in [5.41, 5.74) is 11.3. The summed E-state index contributed by atoms with van der Waals surface area (Å²) < 4.78 is 25.0. The number of aromatic nitrogens is 1. The number of nitrogen functional groups attached to an aromatic ring is 1. The van der Waals surface area contributed by atoms with Gasteiger partial charge in [-0.3, -0.25) is 4.98 Å². The van der Waals surface area contributed by atoms with Crippen LogP contribution >= 0.6 is 0 Å². The van der Waals surface area contributed by atoms with Crippen LogP contribution in [0.15, 0.2) is 6.20 Å². The summed E-state index contributed by atoms with van der Waals surface area (Å²) in [6, 6.07) is 0. The molecule has 0 bridgehead atoms. The molecule has 13 heavy (non-hydrogen) atoms. The van der Waals surface area contributed by atoms with Crippen molar-refractivity contribution in [2.75, 3.05) is 5.73 Å². The van der Waals surface area contributed by atoms with E-state index in [1.165, 1.54) is 6.20 Å². The van der Waals surface area contributed by atoms with E-state index in [1.807, 2.05) is 0 Å². The fourth-order valence-corrected chi connectivity index (χ4v) is 1.10. The van der Waals surface area contributed by atoms with E-state index < -0.39 is 6.43 Å². The number of alkyl halides is 2. The van der Waals surface area contributed by atoms with E-state index in [1.54, 1.807) is 6.92 Å². The van der Waals surface area contributed by atoms with Crippen molar-refractivity contribution in [3.8, 4) is 0 Å². The van der Waals surface area contributed by atoms with Crippen LogP contribution in [0.2, 0.25) is 0 Å². The highest BCUT2D eigenvalue weighted by Crippen LogP contribution is 2.29. The minimum Gasteiger partial charge on any atom is -0.397 e. The van der Waals surface area contributed by atoms with Crippen molar-refractivity contribution >= 4 is 5.69 Å². The summed E-state index contributed by atoms with van der Waals surface area (Å²) in [7, 11) is 0. The number of anilines is 1. The molecule has 1 aromatic heterocycles. The van der Waals surface area contributed by atoms with Crippen LogP contribution in [-0.4, -0.2) is 4.98 Å². The van der Waals surface area contributed by atoms with E-state index in [-0.39, 0.29) is 17.8 Å². The molecule has 0 unspecified atom stereocenters. The van der Waals surface area contributed by atoms with E-state index >= 15 is 0 Å². The summed E-state index contributed by atoms with van der Waals surface area (Å²) in [6.45, 7) is 1.61. The highest BCUT2D eigenvalue weighted by Gasteiger charge is 2.17. The van der Waals surface area contributed by atoms with Gasteiger partial charge in [0.25, 0.3) is 6.43 Å². The Labute approximate surface area is 74.8 Å². The van der Waals surface area contributed by atoms with Gasteiger partial charge in [-0.25, -0.2) is 8.78 Å². The number of hydrogen-bond donors (Lipinski definition) is 2. The Hall–Kier alpha value is -1.23. The maximum atomic E-state index is 12.5. The number of aryl methyl sites for hydroxylation is 1. The zero-order chi connectivity index (χ0) is 10.0. The molecule has 0 fully saturated rings. The minimum atomic E-state index is -2.60. The summed E-state index contributed by atoms with van der Waals surface area (Å²) in [5, 5.41) is 0. The van der Waals surface area contributed by atoms with Gasteiger partial charge in [-0.1, -0.05) is 0 Å². The molecule has 0 aromatic carbocycles. The maximum absolute atomic E-state index is 12.5. The third-order valence-corrected chi connectivity index (χ3v) is 1.88. The van der Waals surface area contributed by atoms with Crippen molar-refractivity contribution < 1.29 is 8.78 Å². The van der Waals surface area contributed by atoms with Gasteiger partial charge in [-0.2, -0.15) is 0 Å². The molecule has 0 spiro atoms. The lowest BCUT2D eigenvalue weighted by Gasteiger charge is -2.11. The molecule has 0 atom stereocenters. The second kappa shape index (κ2) is 3.66. The molecule has 3 nitrogen and oxygen atoms in total. The molecule has 1 aromatic rings. The summed E-state index contributed by atoms with van der Waals surface area (Å²) in [6.07, 6.45) is -1.26. The average Bonchev–Trinajstić information content (AvgIpc) is 2.08. The second-order valence-corrected chi connectivity index (χ2v) is 2.70. The van der Waals surface area contributed by atoms with Crippen molar-refractivity contribution in [3.63, 3.8) is 0 Å². The zero-order valence-corrected chi connectivity index (χ0v) is 7.22. The lowest BCUT2D eigenvalue weighted by molar-refractivity contribution is 0.151. The van der Waals surface area contributed by atoms with Crippen LogP contribution in [0.25, 0.3) is 0 Å². The lowest BCUT2D eigenvalue weighted by Crippen LogP contribution is -2.08. The molecule has 1 heterocycles. The fourth-order valence-electron chi connectivity index (χ4n) is 1.10. The van der Waals surface area contributed by atoms with Crippen LogP contribution in [0.1, 0.15) is 23.2 Å². The zero-order valence-electron chi connectivity index (χ0n) is 7.22. The first-order chi connectivity index (χ1) is 6.07. The number of halogens is 2. The van der Waals surface area contributed by atoms with Gasteiger partial charge >= 0.3 is 0 Å². The largest absolute Gasteiger partial charge is 0.397 e. The van der Waals surface area contributed by atoms with Gasteiger partial charge in [0.05, 0.1) is 11.4 Å². The molecular weight excluding hydrogens is 176 g/mol. The topological polar surface area (TPSA) is 64.9 Å². The average molecular weight is 187 g/mol. The summed E-state index contributed by atoms with van der Waals surface area (Å²) >= 11 is 0. The van der Waals surface area contributed by atoms with Gasteiger partial charge in [-0.15, -0.1) is 0 Å². The van der Waals surface area contributed by atoms with Gasteiger partial charge in [-0.05, 0) is 12.5 Å². The smallest absolute Gasteiger partial charge is 0.266 e. The number of hydrogen-bond acceptors (Lipinski definition) is 3. The van der Waals surface area contributed by atoms with Crippen molar-refractivity contribution in [1.82, 2.24) is 4.98 Å². The van der Waals surface area contributed by atoms with Crippen molar-refractivity contribution in [3.05, 3.63) is 23.0 Å². The van der Waals surface area contributed by atoms with Crippen LogP contribution in [0.5, 0.6) is 0 Å². The number of rotatable bonds is 2. The number of nitrogens with zero attached hydrogens (tertiary/aromatic N) is 1. The molecule has 72 valence electrons. The summed E-state index contributed by atoms with van der Waals surface area (Å²) in [4.78, 5) is 3.85. The molecule has 0 saturated carbocycles. The van der Waals surface area contributed by atoms with Gasteiger partial charge in [0.15, 0.2) is 0 Å². The van der Waals surface area contributed by atoms with E-state index in [9.17, 15) is 8.78 Å². The molecule has 0 aliphatic heterocycles. The van der Waals surface area contributed by atoms with Gasteiger partial charge in [0.1, 0.15) is 0 Å². The van der Waals surface area contributed by atoms with E-state index in [0.29, 0.717) is 11.3 Å². The Kier molecular flexibility index (Phi) is 2.77. The Morgan fingerprint density at radius 3 is 2.62 bits per heavy atom. The first-order valence-electron chi connectivity index (χ1n) is 3.80. The maximum Gasteiger partial charge on any atom is 0.266 e. The van der Waals surface area contributed by atoms with E-state index in [4.69, 9.17) is 11.5 Å². The number of nitrogens with two attached hydrogens (primary N) is 2. The van der Waals surface area contributed by atoms with Gasteiger partial charge < -0.3 is 11.5 Å². The Morgan fingerprint density at radius 1 is 1.54 bits per heavy atom. The number of pyridine rings is 1. The lowest BCUT2D eigenvalue weighted by atomic mass is 10.1. The van der Waals surface area contributed by atoms with Crippen molar-refractivity contribution in [2.24, 2.45) is 5.73 Å². The third kappa shape index (κ3) is 1.75. The van der Waals surface area contributed by atoms with Gasteiger partial charge in [0.2, 0.25) is 0 Å². The highest BCUT2D eigenvalue weighted by atomic mass is 19.3. The quantitative estimate of drug-likeness (QED) is 0.734. The first kappa shape index (κ1) is 9.85. The monoisotopic (exact) mass is 187 g/mol. The van der Waals surface area contributed by atoms with Crippen LogP contribution in [0.3, 0.4) is 0 Å². The molecule has 1 rings (SSSR count). The molecule has 5 heteroatoms. The molecule has 0 amide bonds. The predicted molar refractivity (Wildman–Crippen MR) is 46.2 cm³/mol. The van der Waals surface area contributed by atoms with Crippen molar-refractivity contribution in [1.29, 1.82) is 0 Å². The molecule has 4 N–H and O–H groups in total. The molecule has 0 aliphatic carbocycles. The second-order valence-electron chi connectivity index (χ2n) is 2.70. The molecule has 0 aliphatic rings. The molecular formula is C8H11F2N3. The van der Waals surface area contributed by atoms with Crippen LogP contribution < -0.4 is 11.5 Å². The first-order valence-corrected chi connectivity index (χ1v) is 3.80. The Morgan fingerprint density at radius 2 is 2.15 bits per heavy atom. The standard InChI is InChI=1S/C8H11F2N3/c1-4-7(12)6(8(9)10)5(2-11)3-13-4/h3,8H,2,11-12H2,1H3. The minimum absolute atomic E-state index is 0.0250. The Bertz CT molecular complexity index is 313. The van der Waals surface area contributed by atoms with Crippen LogP contribution in [0.4, 0.5) is 14.5 Å². The van der Waals surface area contributed by atoms with Gasteiger partial charge in [0, 0.05) is 18.3 Å².